The zero-order valence-corrected chi connectivity index (χ0v) is 12.1. The molecule has 1 aliphatic carbocycles. The lowest BCUT2D eigenvalue weighted by molar-refractivity contribution is 0.108. The molecule has 0 heterocycles. The monoisotopic (exact) mass is 283 g/mol. The van der Waals surface area contributed by atoms with Crippen LogP contribution in [0.4, 0.5) is 5.69 Å². The van der Waals surface area contributed by atoms with E-state index in [9.17, 15) is 5.11 Å². The third-order valence-electron chi connectivity index (χ3n) is 4.05. The minimum atomic E-state index is -0.637. The summed E-state index contributed by atoms with van der Waals surface area (Å²) in [5.74, 6) is 0.838. The molecule has 0 saturated heterocycles. The summed E-state index contributed by atoms with van der Waals surface area (Å²) in [7, 11) is 0. The number of nitrogens with two attached hydrogens (primary N) is 1. The van der Waals surface area contributed by atoms with Crippen LogP contribution >= 0.6 is 0 Å². The number of hydrogen-bond acceptors (Lipinski definition) is 3. The van der Waals surface area contributed by atoms with E-state index in [0.29, 0.717) is 5.69 Å². The Bertz CT molecular complexity index is 607. The fraction of sp³-hybridized carbons (Fsp3) is 0.333. The van der Waals surface area contributed by atoms with Crippen LogP contribution in [0.25, 0.3) is 0 Å². The maximum atomic E-state index is 10.1. The summed E-state index contributed by atoms with van der Waals surface area (Å²) in [6.07, 6.45) is 4.20. The molecule has 1 unspecified atom stereocenters. The van der Waals surface area contributed by atoms with Gasteiger partial charge in [-0.15, -0.1) is 0 Å². The number of rotatable bonds is 4. The maximum Gasteiger partial charge on any atom is 0.119 e. The van der Waals surface area contributed by atoms with Crippen molar-refractivity contribution in [3.05, 3.63) is 59.2 Å². The third kappa shape index (κ3) is 3.37. The van der Waals surface area contributed by atoms with E-state index in [1.165, 1.54) is 30.4 Å². The summed E-state index contributed by atoms with van der Waals surface area (Å²) in [4.78, 5) is 0. The van der Waals surface area contributed by atoms with Crippen molar-refractivity contribution in [1.29, 1.82) is 0 Å². The van der Waals surface area contributed by atoms with Crippen LogP contribution in [-0.4, -0.2) is 11.7 Å². The van der Waals surface area contributed by atoms with E-state index < -0.39 is 6.10 Å². The van der Waals surface area contributed by atoms with Gasteiger partial charge in [-0.1, -0.05) is 18.2 Å². The molecule has 2 aromatic carbocycles. The molecule has 3 nitrogen and oxygen atoms in total. The van der Waals surface area contributed by atoms with Crippen molar-refractivity contribution in [2.45, 2.75) is 31.8 Å². The van der Waals surface area contributed by atoms with Crippen LogP contribution in [0.3, 0.4) is 0 Å². The van der Waals surface area contributed by atoms with Gasteiger partial charge < -0.3 is 15.6 Å². The van der Waals surface area contributed by atoms with E-state index >= 15 is 0 Å². The number of aliphatic hydroxyl groups excluding tert-OH is 1. The van der Waals surface area contributed by atoms with Gasteiger partial charge in [0.1, 0.15) is 18.5 Å². The van der Waals surface area contributed by atoms with E-state index in [1.807, 2.05) is 18.2 Å². The predicted octanol–water partition coefficient (Wildman–Crippen LogP) is 3.26. The van der Waals surface area contributed by atoms with Crippen LogP contribution in [-0.2, 0) is 12.8 Å². The first-order valence-corrected chi connectivity index (χ1v) is 7.50. The summed E-state index contributed by atoms with van der Waals surface area (Å²) in [5, 5.41) is 10.1. The number of ether oxygens (including phenoxy) is 1. The highest BCUT2D eigenvalue weighted by molar-refractivity contribution is 5.40. The highest BCUT2D eigenvalue weighted by Gasteiger charge is 2.12. The molecule has 0 saturated carbocycles. The molecule has 3 rings (SSSR count). The quantitative estimate of drug-likeness (QED) is 0.847. The molecule has 0 amide bonds. The molecule has 0 bridgehead atoms. The molecule has 110 valence electrons. The van der Waals surface area contributed by atoms with Gasteiger partial charge >= 0.3 is 0 Å². The summed E-state index contributed by atoms with van der Waals surface area (Å²) < 4.78 is 5.74. The van der Waals surface area contributed by atoms with Gasteiger partial charge in [0.15, 0.2) is 0 Å². The number of aryl methyl sites for hydroxylation is 2. The van der Waals surface area contributed by atoms with Gasteiger partial charge in [0.05, 0.1) is 0 Å². The first-order chi connectivity index (χ1) is 10.2. The van der Waals surface area contributed by atoms with Gasteiger partial charge in [-0.2, -0.15) is 0 Å². The van der Waals surface area contributed by atoms with Crippen molar-refractivity contribution >= 4 is 5.69 Å². The number of hydrogen-bond donors (Lipinski definition) is 2. The van der Waals surface area contributed by atoms with E-state index in [0.717, 1.165) is 17.7 Å². The lowest BCUT2D eigenvalue weighted by Gasteiger charge is -2.18. The zero-order chi connectivity index (χ0) is 14.7. The van der Waals surface area contributed by atoms with E-state index in [1.54, 1.807) is 12.1 Å². The minimum Gasteiger partial charge on any atom is -0.491 e. The Hall–Kier alpha value is -2.00. The Morgan fingerprint density at radius 2 is 1.71 bits per heavy atom. The van der Waals surface area contributed by atoms with Gasteiger partial charge in [-0.25, -0.2) is 0 Å². The van der Waals surface area contributed by atoms with Gasteiger partial charge in [0, 0.05) is 5.69 Å². The number of benzene rings is 2. The molecule has 1 atom stereocenters. The summed E-state index contributed by atoms with van der Waals surface area (Å²) in [6, 6.07) is 13.5. The molecule has 0 aliphatic heterocycles. The second-order valence-corrected chi connectivity index (χ2v) is 5.63. The Morgan fingerprint density at radius 1 is 1.00 bits per heavy atom. The molecule has 3 heteroatoms. The Labute approximate surface area is 125 Å². The zero-order valence-electron chi connectivity index (χ0n) is 12.1. The average Bonchev–Trinajstić information content (AvgIpc) is 2.53. The van der Waals surface area contributed by atoms with Crippen molar-refractivity contribution in [3.8, 4) is 5.75 Å². The molecular formula is C18H21NO2. The second kappa shape index (κ2) is 6.19. The molecule has 0 spiro atoms. The van der Waals surface area contributed by atoms with Crippen molar-refractivity contribution in [2.75, 3.05) is 12.3 Å². The van der Waals surface area contributed by atoms with Gasteiger partial charge in [-0.3, -0.25) is 0 Å². The van der Waals surface area contributed by atoms with E-state index in [2.05, 4.69) is 12.1 Å². The molecule has 21 heavy (non-hydrogen) atoms. The normalized spacial score (nSPS) is 15.3. The van der Waals surface area contributed by atoms with Gasteiger partial charge in [-0.05, 0) is 66.6 Å². The number of aliphatic hydroxyl groups is 1. The largest absolute Gasteiger partial charge is 0.491 e. The highest BCUT2D eigenvalue weighted by Crippen LogP contribution is 2.26. The van der Waals surface area contributed by atoms with Crippen LogP contribution in [0.2, 0.25) is 0 Å². The van der Waals surface area contributed by atoms with Crippen molar-refractivity contribution in [3.63, 3.8) is 0 Å². The van der Waals surface area contributed by atoms with E-state index in [-0.39, 0.29) is 6.61 Å². The molecule has 3 N–H and O–H groups in total. The SMILES string of the molecule is Nc1ccc(C(O)COc2ccc3c(c2)CCCC3)cc1. The summed E-state index contributed by atoms with van der Waals surface area (Å²) in [5.41, 5.74) is 9.99. The first kappa shape index (κ1) is 14.0. The van der Waals surface area contributed by atoms with Crippen LogP contribution in [0.1, 0.15) is 35.6 Å². The average molecular weight is 283 g/mol. The maximum absolute atomic E-state index is 10.1. The minimum absolute atomic E-state index is 0.253. The van der Waals surface area contributed by atoms with Gasteiger partial charge in [0.25, 0.3) is 0 Å². The number of fused-ring (bicyclic) bond motifs is 1. The number of nitrogen functional groups attached to an aromatic ring is 1. The van der Waals surface area contributed by atoms with Crippen molar-refractivity contribution in [1.82, 2.24) is 0 Å². The lowest BCUT2D eigenvalue weighted by atomic mass is 9.92. The topological polar surface area (TPSA) is 55.5 Å². The molecular weight excluding hydrogens is 262 g/mol. The summed E-state index contributed by atoms with van der Waals surface area (Å²) >= 11 is 0. The molecule has 0 radical (unpaired) electrons. The third-order valence-corrected chi connectivity index (χ3v) is 4.05. The number of anilines is 1. The summed E-state index contributed by atoms with van der Waals surface area (Å²) in [6.45, 7) is 0.253. The first-order valence-electron chi connectivity index (χ1n) is 7.50. The van der Waals surface area contributed by atoms with Crippen LogP contribution < -0.4 is 10.5 Å². The lowest BCUT2D eigenvalue weighted by Crippen LogP contribution is -2.10. The molecule has 0 fully saturated rings. The van der Waals surface area contributed by atoms with Crippen molar-refractivity contribution < 1.29 is 9.84 Å². The van der Waals surface area contributed by atoms with E-state index in [4.69, 9.17) is 10.5 Å². The molecule has 0 aromatic heterocycles. The highest BCUT2D eigenvalue weighted by atomic mass is 16.5. The molecule has 2 aromatic rings. The fourth-order valence-corrected chi connectivity index (χ4v) is 2.79. The Kier molecular flexibility index (Phi) is 4.11. The smallest absolute Gasteiger partial charge is 0.119 e. The Balaban J connectivity index is 1.63. The molecule has 1 aliphatic rings. The van der Waals surface area contributed by atoms with Crippen molar-refractivity contribution in [2.24, 2.45) is 0 Å². The van der Waals surface area contributed by atoms with Crippen LogP contribution in [0.5, 0.6) is 5.75 Å². The second-order valence-electron chi connectivity index (χ2n) is 5.63. The fourth-order valence-electron chi connectivity index (χ4n) is 2.79. The Morgan fingerprint density at radius 3 is 2.48 bits per heavy atom. The standard InChI is InChI=1S/C18H21NO2/c19-16-8-5-14(6-9-16)18(20)12-21-17-10-7-13-3-1-2-4-15(13)11-17/h5-11,18,20H,1-4,12,19H2. The van der Waals surface area contributed by atoms with Crippen LogP contribution in [0.15, 0.2) is 42.5 Å². The van der Waals surface area contributed by atoms with Crippen LogP contribution in [0, 0.1) is 0 Å². The van der Waals surface area contributed by atoms with Gasteiger partial charge in [0.2, 0.25) is 0 Å². The predicted molar refractivity (Wildman–Crippen MR) is 84.4 cm³/mol.